The number of halogens is 3. The summed E-state index contributed by atoms with van der Waals surface area (Å²) in [6.45, 7) is 1.49. The summed E-state index contributed by atoms with van der Waals surface area (Å²) >= 11 is 0. The molecule has 0 saturated carbocycles. The molecule has 0 aliphatic carbocycles. The lowest BCUT2D eigenvalue weighted by atomic mass is 9.93. The first-order chi connectivity index (χ1) is 7.88. The zero-order valence-corrected chi connectivity index (χ0v) is 8.95. The number of aliphatic carboxylic acids is 1. The van der Waals surface area contributed by atoms with Gasteiger partial charge in [0.25, 0.3) is 0 Å². The molecule has 0 aliphatic heterocycles. The molecule has 94 valence electrons. The van der Waals surface area contributed by atoms with Crippen molar-refractivity contribution in [2.24, 2.45) is 5.92 Å². The summed E-state index contributed by atoms with van der Waals surface area (Å²) in [6.07, 6.45) is -1.68. The maximum Gasteiger partial charge on any atom is 0.309 e. The minimum absolute atomic E-state index is 0.0366. The average Bonchev–Trinajstić information content (AvgIpc) is 2.23. The molecule has 0 spiro atoms. The summed E-state index contributed by atoms with van der Waals surface area (Å²) in [6, 6.07) is 0.753. The molecule has 0 radical (unpaired) electrons. The third-order valence-electron chi connectivity index (χ3n) is 2.50. The van der Waals surface area contributed by atoms with Gasteiger partial charge in [0.1, 0.15) is 5.82 Å². The normalized spacial score (nSPS) is 14.4. The first-order valence-electron chi connectivity index (χ1n) is 4.93. The van der Waals surface area contributed by atoms with Crippen molar-refractivity contribution in [1.29, 1.82) is 0 Å². The molecule has 1 aromatic carbocycles. The Morgan fingerprint density at radius 1 is 1.24 bits per heavy atom. The second-order valence-corrected chi connectivity index (χ2v) is 3.59. The number of hydrogen-bond acceptors (Lipinski definition) is 2. The highest BCUT2D eigenvalue weighted by Crippen LogP contribution is 2.28. The van der Waals surface area contributed by atoms with Crippen molar-refractivity contribution in [3.63, 3.8) is 0 Å². The van der Waals surface area contributed by atoms with Crippen LogP contribution in [0.5, 0.6) is 0 Å². The summed E-state index contributed by atoms with van der Waals surface area (Å²) in [5, 5.41) is 18.4. The fraction of sp³-hybridized carbons (Fsp3) is 0.364. The molecule has 0 aliphatic rings. The second kappa shape index (κ2) is 5.18. The number of aliphatic hydroxyl groups is 1. The maximum atomic E-state index is 13.3. The van der Waals surface area contributed by atoms with Crippen molar-refractivity contribution < 1.29 is 28.2 Å². The van der Waals surface area contributed by atoms with E-state index in [0.29, 0.717) is 6.07 Å². The first-order valence-corrected chi connectivity index (χ1v) is 4.93. The number of aliphatic hydroxyl groups excluding tert-OH is 1. The van der Waals surface area contributed by atoms with Crippen LogP contribution < -0.4 is 0 Å². The van der Waals surface area contributed by atoms with Crippen molar-refractivity contribution >= 4 is 5.97 Å². The molecule has 2 N–H and O–H groups in total. The minimum atomic E-state index is -1.72. The fourth-order valence-electron chi connectivity index (χ4n) is 1.51. The van der Waals surface area contributed by atoms with Crippen LogP contribution in [0, 0.1) is 23.4 Å². The van der Waals surface area contributed by atoms with Gasteiger partial charge < -0.3 is 10.2 Å². The maximum absolute atomic E-state index is 13.3. The number of carboxylic acids is 1. The van der Waals surface area contributed by atoms with E-state index >= 15 is 0 Å². The van der Waals surface area contributed by atoms with Crippen LogP contribution in [0.15, 0.2) is 12.1 Å². The van der Waals surface area contributed by atoms with E-state index in [2.05, 4.69) is 0 Å². The number of carboxylic acid groups (broad SMARTS) is 1. The Morgan fingerprint density at radius 3 is 2.24 bits per heavy atom. The average molecular weight is 248 g/mol. The molecule has 1 rings (SSSR count). The van der Waals surface area contributed by atoms with Crippen molar-refractivity contribution in [1.82, 2.24) is 0 Å². The minimum Gasteiger partial charge on any atom is -0.481 e. The topological polar surface area (TPSA) is 57.5 Å². The van der Waals surface area contributed by atoms with Gasteiger partial charge >= 0.3 is 5.97 Å². The molecule has 3 nitrogen and oxygen atoms in total. The monoisotopic (exact) mass is 248 g/mol. The SMILES string of the molecule is CCC(C(=O)O)C(O)c1cc(F)c(F)cc1F. The van der Waals surface area contributed by atoms with Crippen LogP contribution in [0.25, 0.3) is 0 Å². The van der Waals surface area contributed by atoms with E-state index in [1.165, 1.54) is 6.92 Å². The zero-order chi connectivity index (χ0) is 13.2. The van der Waals surface area contributed by atoms with Gasteiger partial charge in [-0.3, -0.25) is 4.79 Å². The lowest BCUT2D eigenvalue weighted by Crippen LogP contribution is -2.22. The van der Waals surface area contributed by atoms with Gasteiger partial charge in [0.15, 0.2) is 11.6 Å². The van der Waals surface area contributed by atoms with E-state index in [-0.39, 0.29) is 12.5 Å². The number of rotatable bonds is 4. The van der Waals surface area contributed by atoms with Crippen LogP contribution in [-0.2, 0) is 4.79 Å². The number of hydrogen-bond donors (Lipinski definition) is 2. The van der Waals surface area contributed by atoms with E-state index in [0.717, 1.165) is 0 Å². The van der Waals surface area contributed by atoms with Crippen LogP contribution in [0.2, 0.25) is 0 Å². The summed E-state index contributed by atoms with van der Waals surface area (Å²) in [7, 11) is 0. The number of benzene rings is 1. The van der Waals surface area contributed by atoms with E-state index < -0.39 is 41.0 Å². The van der Waals surface area contributed by atoms with Crippen LogP contribution in [-0.4, -0.2) is 16.2 Å². The third-order valence-corrected chi connectivity index (χ3v) is 2.50. The van der Waals surface area contributed by atoms with Gasteiger partial charge in [0.2, 0.25) is 0 Å². The fourth-order valence-corrected chi connectivity index (χ4v) is 1.51. The Hall–Kier alpha value is -1.56. The smallest absolute Gasteiger partial charge is 0.309 e. The highest BCUT2D eigenvalue weighted by Gasteiger charge is 2.29. The van der Waals surface area contributed by atoms with Crippen molar-refractivity contribution in [2.45, 2.75) is 19.4 Å². The molecule has 1 aromatic rings. The summed E-state index contributed by atoms with van der Waals surface area (Å²) < 4.78 is 38.8. The Kier molecular flexibility index (Phi) is 4.11. The van der Waals surface area contributed by atoms with Crippen molar-refractivity contribution in [3.8, 4) is 0 Å². The molecule has 0 amide bonds. The van der Waals surface area contributed by atoms with Crippen molar-refractivity contribution in [2.75, 3.05) is 0 Å². The van der Waals surface area contributed by atoms with Gasteiger partial charge in [-0.05, 0) is 12.5 Å². The molecule has 17 heavy (non-hydrogen) atoms. The molecular weight excluding hydrogens is 237 g/mol. The van der Waals surface area contributed by atoms with Gasteiger partial charge in [-0.15, -0.1) is 0 Å². The molecule has 2 atom stereocenters. The lowest BCUT2D eigenvalue weighted by molar-refractivity contribution is -0.146. The molecule has 0 bridgehead atoms. The number of carbonyl (C=O) groups is 1. The van der Waals surface area contributed by atoms with E-state index in [4.69, 9.17) is 5.11 Å². The Bertz CT molecular complexity index is 434. The van der Waals surface area contributed by atoms with E-state index in [1.54, 1.807) is 0 Å². The zero-order valence-electron chi connectivity index (χ0n) is 8.95. The quantitative estimate of drug-likeness (QED) is 0.803. The van der Waals surface area contributed by atoms with Gasteiger partial charge in [0, 0.05) is 11.6 Å². The van der Waals surface area contributed by atoms with Gasteiger partial charge in [-0.1, -0.05) is 6.92 Å². The van der Waals surface area contributed by atoms with E-state index in [1.807, 2.05) is 0 Å². The van der Waals surface area contributed by atoms with Crippen LogP contribution >= 0.6 is 0 Å². The molecule has 0 saturated heterocycles. The van der Waals surface area contributed by atoms with Gasteiger partial charge in [-0.2, -0.15) is 0 Å². The summed E-state index contributed by atoms with van der Waals surface area (Å²) in [5.74, 6) is -6.49. The largest absolute Gasteiger partial charge is 0.481 e. The van der Waals surface area contributed by atoms with Gasteiger partial charge in [-0.25, -0.2) is 13.2 Å². The highest BCUT2D eigenvalue weighted by molar-refractivity contribution is 5.71. The Labute approximate surface area is 95.5 Å². The van der Waals surface area contributed by atoms with Crippen LogP contribution in [0.1, 0.15) is 25.0 Å². The molecular formula is C11H11F3O3. The molecule has 0 heterocycles. The third kappa shape index (κ3) is 2.76. The molecule has 2 unspecified atom stereocenters. The van der Waals surface area contributed by atoms with Crippen LogP contribution in [0.3, 0.4) is 0 Å². The predicted octanol–water partition coefficient (Wildman–Crippen LogP) is 2.25. The predicted molar refractivity (Wildman–Crippen MR) is 52.7 cm³/mol. The molecule has 0 fully saturated rings. The van der Waals surface area contributed by atoms with E-state index in [9.17, 15) is 23.1 Å². The van der Waals surface area contributed by atoms with Crippen LogP contribution in [0.4, 0.5) is 13.2 Å². The molecule has 0 aromatic heterocycles. The second-order valence-electron chi connectivity index (χ2n) is 3.59. The Balaban J connectivity index is 3.15. The van der Waals surface area contributed by atoms with Gasteiger partial charge in [0.05, 0.1) is 12.0 Å². The van der Waals surface area contributed by atoms with Crippen molar-refractivity contribution in [3.05, 3.63) is 35.1 Å². The summed E-state index contributed by atoms with van der Waals surface area (Å²) in [5.41, 5.74) is -0.557. The first kappa shape index (κ1) is 13.5. The standard InChI is InChI=1S/C11H11F3O3/c1-2-5(11(16)17)10(15)6-3-8(13)9(14)4-7(6)12/h3-5,10,15H,2H2,1H3,(H,16,17). The lowest BCUT2D eigenvalue weighted by Gasteiger charge is -2.18. The highest BCUT2D eigenvalue weighted by atomic mass is 19.2. The summed E-state index contributed by atoms with van der Waals surface area (Å²) in [4.78, 5) is 10.8. The molecule has 6 heteroatoms. The Morgan fingerprint density at radius 2 is 1.76 bits per heavy atom.